The van der Waals surface area contributed by atoms with E-state index in [1.807, 2.05) is 0 Å². The van der Waals surface area contributed by atoms with Gasteiger partial charge in [0.15, 0.2) is 11.6 Å². The Labute approximate surface area is 97.3 Å². The zero-order chi connectivity index (χ0) is 12.4. The van der Waals surface area contributed by atoms with E-state index in [9.17, 15) is 13.9 Å². The Morgan fingerprint density at radius 3 is 2.82 bits per heavy atom. The summed E-state index contributed by atoms with van der Waals surface area (Å²) in [6, 6.07) is 3.76. The van der Waals surface area contributed by atoms with E-state index in [4.69, 9.17) is 0 Å². The summed E-state index contributed by atoms with van der Waals surface area (Å²) in [7, 11) is 1.77. The summed E-state index contributed by atoms with van der Waals surface area (Å²) in [5, 5.41) is 9.86. The van der Waals surface area contributed by atoms with E-state index < -0.39 is 17.7 Å². The number of hydrogen-bond donors (Lipinski definition) is 1. The number of nitrogens with zero attached hydrogens (tertiary/aromatic N) is 2. The highest BCUT2D eigenvalue weighted by atomic mass is 19.2. The summed E-state index contributed by atoms with van der Waals surface area (Å²) in [5.74, 6) is -1.35. The summed E-state index contributed by atoms with van der Waals surface area (Å²) in [6.45, 7) is 0. The van der Waals surface area contributed by atoms with Gasteiger partial charge in [0.1, 0.15) is 5.82 Å². The number of aliphatic hydroxyl groups excluding tert-OH is 1. The van der Waals surface area contributed by atoms with Crippen LogP contribution in [0.5, 0.6) is 0 Å². The van der Waals surface area contributed by atoms with Gasteiger partial charge in [0.25, 0.3) is 0 Å². The Hall–Kier alpha value is -1.75. The number of rotatable bonds is 3. The van der Waals surface area contributed by atoms with Crippen LogP contribution in [-0.2, 0) is 13.5 Å². The fourth-order valence-corrected chi connectivity index (χ4v) is 1.65. The first-order valence-corrected chi connectivity index (χ1v) is 5.17. The number of imidazole rings is 1. The zero-order valence-corrected chi connectivity index (χ0v) is 9.27. The average Bonchev–Trinajstić information content (AvgIpc) is 2.68. The smallest absolute Gasteiger partial charge is 0.164 e. The molecule has 1 heterocycles. The van der Waals surface area contributed by atoms with Gasteiger partial charge in [0, 0.05) is 31.4 Å². The standard InChI is InChI=1S/C12H12F2N2O/c1-16-6-5-15-11(16)7-10(17)8-3-2-4-9(13)12(8)14/h2-6,10,17H,7H2,1H3. The van der Waals surface area contributed by atoms with Gasteiger partial charge in [0.2, 0.25) is 0 Å². The van der Waals surface area contributed by atoms with Crippen molar-refractivity contribution < 1.29 is 13.9 Å². The molecule has 0 saturated heterocycles. The largest absolute Gasteiger partial charge is 0.388 e. The molecule has 0 aliphatic rings. The molecule has 1 unspecified atom stereocenters. The normalized spacial score (nSPS) is 12.7. The van der Waals surface area contributed by atoms with Gasteiger partial charge in [-0.2, -0.15) is 0 Å². The predicted octanol–water partition coefficient (Wildman–Crippen LogP) is 1.97. The third kappa shape index (κ3) is 2.34. The maximum atomic E-state index is 13.4. The van der Waals surface area contributed by atoms with Crippen molar-refractivity contribution in [1.82, 2.24) is 9.55 Å². The maximum Gasteiger partial charge on any atom is 0.164 e. The molecule has 0 aliphatic heterocycles. The predicted molar refractivity (Wildman–Crippen MR) is 58.2 cm³/mol. The lowest BCUT2D eigenvalue weighted by Crippen LogP contribution is -2.09. The molecule has 1 N–H and O–H groups in total. The third-order valence-electron chi connectivity index (χ3n) is 2.64. The fourth-order valence-electron chi connectivity index (χ4n) is 1.65. The Morgan fingerprint density at radius 2 is 2.18 bits per heavy atom. The van der Waals surface area contributed by atoms with Gasteiger partial charge < -0.3 is 9.67 Å². The van der Waals surface area contributed by atoms with Crippen LogP contribution in [0.3, 0.4) is 0 Å². The summed E-state index contributed by atoms with van der Waals surface area (Å²) in [5.41, 5.74) is -0.0481. The molecular formula is C12H12F2N2O. The second kappa shape index (κ2) is 4.63. The number of hydrogen-bond acceptors (Lipinski definition) is 2. The second-order valence-corrected chi connectivity index (χ2v) is 3.82. The minimum absolute atomic E-state index is 0.0481. The first-order chi connectivity index (χ1) is 8.09. The molecule has 1 aromatic heterocycles. The lowest BCUT2D eigenvalue weighted by atomic mass is 10.1. The molecule has 1 atom stereocenters. The fraction of sp³-hybridized carbons (Fsp3) is 0.250. The average molecular weight is 238 g/mol. The molecule has 2 aromatic rings. The van der Waals surface area contributed by atoms with Crippen LogP contribution in [0, 0.1) is 11.6 Å². The number of aromatic nitrogens is 2. The van der Waals surface area contributed by atoms with E-state index in [0.717, 1.165) is 6.07 Å². The molecule has 0 bridgehead atoms. The van der Waals surface area contributed by atoms with Crippen molar-refractivity contribution in [2.24, 2.45) is 7.05 Å². The van der Waals surface area contributed by atoms with Gasteiger partial charge in [-0.1, -0.05) is 12.1 Å². The SMILES string of the molecule is Cn1ccnc1CC(O)c1cccc(F)c1F. The van der Waals surface area contributed by atoms with Crippen LogP contribution < -0.4 is 0 Å². The van der Waals surface area contributed by atoms with E-state index in [0.29, 0.717) is 5.82 Å². The molecule has 2 rings (SSSR count). The highest BCUT2D eigenvalue weighted by Crippen LogP contribution is 2.21. The second-order valence-electron chi connectivity index (χ2n) is 3.82. The van der Waals surface area contributed by atoms with Crippen molar-refractivity contribution in [1.29, 1.82) is 0 Å². The van der Waals surface area contributed by atoms with E-state index in [-0.39, 0.29) is 12.0 Å². The lowest BCUT2D eigenvalue weighted by molar-refractivity contribution is 0.169. The first-order valence-electron chi connectivity index (χ1n) is 5.17. The number of benzene rings is 1. The Balaban J connectivity index is 2.23. The van der Waals surface area contributed by atoms with Crippen LogP contribution in [0.15, 0.2) is 30.6 Å². The van der Waals surface area contributed by atoms with Crippen LogP contribution >= 0.6 is 0 Å². The Bertz CT molecular complexity index is 525. The zero-order valence-electron chi connectivity index (χ0n) is 9.27. The van der Waals surface area contributed by atoms with Crippen LogP contribution in [0.1, 0.15) is 17.5 Å². The van der Waals surface area contributed by atoms with Gasteiger partial charge in [0.05, 0.1) is 6.10 Å². The van der Waals surface area contributed by atoms with Crippen LogP contribution in [0.25, 0.3) is 0 Å². The number of halogens is 2. The quantitative estimate of drug-likeness (QED) is 0.887. The molecule has 0 amide bonds. The van der Waals surface area contributed by atoms with E-state index >= 15 is 0 Å². The minimum Gasteiger partial charge on any atom is -0.388 e. The number of aryl methyl sites for hydroxylation is 1. The van der Waals surface area contributed by atoms with Crippen molar-refractivity contribution in [2.45, 2.75) is 12.5 Å². The molecule has 0 fully saturated rings. The molecule has 17 heavy (non-hydrogen) atoms. The van der Waals surface area contributed by atoms with Crippen molar-refractivity contribution in [2.75, 3.05) is 0 Å². The van der Waals surface area contributed by atoms with E-state index in [1.54, 1.807) is 24.0 Å². The molecule has 0 spiro atoms. The Morgan fingerprint density at radius 1 is 1.41 bits per heavy atom. The minimum atomic E-state index is -1.10. The van der Waals surface area contributed by atoms with E-state index in [2.05, 4.69) is 4.98 Å². The van der Waals surface area contributed by atoms with Crippen molar-refractivity contribution >= 4 is 0 Å². The summed E-state index contributed by atoms with van der Waals surface area (Å²) in [6.07, 6.45) is 2.35. The lowest BCUT2D eigenvalue weighted by Gasteiger charge is -2.12. The highest BCUT2D eigenvalue weighted by molar-refractivity contribution is 5.22. The highest BCUT2D eigenvalue weighted by Gasteiger charge is 2.17. The van der Waals surface area contributed by atoms with Crippen molar-refractivity contribution in [3.05, 3.63) is 53.6 Å². The first kappa shape index (κ1) is 11.7. The number of aliphatic hydroxyl groups is 1. The van der Waals surface area contributed by atoms with Gasteiger partial charge in [-0.15, -0.1) is 0 Å². The van der Waals surface area contributed by atoms with Crippen molar-refractivity contribution in [3.63, 3.8) is 0 Å². The summed E-state index contributed by atoms with van der Waals surface area (Å²) in [4.78, 5) is 4.02. The molecule has 0 saturated carbocycles. The molecule has 5 heteroatoms. The van der Waals surface area contributed by atoms with Crippen LogP contribution in [0.2, 0.25) is 0 Å². The molecule has 3 nitrogen and oxygen atoms in total. The monoisotopic (exact) mass is 238 g/mol. The van der Waals surface area contributed by atoms with Crippen LogP contribution in [-0.4, -0.2) is 14.7 Å². The maximum absolute atomic E-state index is 13.4. The molecule has 0 aliphatic carbocycles. The molecular weight excluding hydrogens is 226 g/mol. The topological polar surface area (TPSA) is 38.0 Å². The van der Waals surface area contributed by atoms with Crippen LogP contribution in [0.4, 0.5) is 8.78 Å². The van der Waals surface area contributed by atoms with Gasteiger partial charge in [-0.25, -0.2) is 13.8 Å². The third-order valence-corrected chi connectivity index (χ3v) is 2.64. The Kier molecular flexibility index (Phi) is 3.19. The molecule has 1 aromatic carbocycles. The summed E-state index contributed by atoms with van der Waals surface area (Å²) >= 11 is 0. The van der Waals surface area contributed by atoms with E-state index in [1.165, 1.54) is 12.1 Å². The van der Waals surface area contributed by atoms with Gasteiger partial charge >= 0.3 is 0 Å². The van der Waals surface area contributed by atoms with Crippen molar-refractivity contribution in [3.8, 4) is 0 Å². The molecule has 90 valence electrons. The molecule has 0 radical (unpaired) electrons. The van der Waals surface area contributed by atoms with Gasteiger partial charge in [-0.05, 0) is 6.07 Å². The van der Waals surface area contributed by atoms with Gasteiger partial charge in [-0.3, -0.25) is 0 Å². The summed E-state index contributed by atoms with van der Waals surface area (Å²) < 4.78 is 28.1.